The highest BCUT2D eigenvalue weighted by molar-refractivity contribution is 7.89. The van der Waals surface area contributed by atoms with Gasteiger partial charge in [-0.2, -0.15) is 0 Å². The Bertz CT molecular complexity index is 1880. The normalized spacial score (nSPS) is 28.1. The second kappa shape index (κ2) is 14.0. The minimum atomic E-state index is -3.60. The number of likely N-dealkylation sites (tertiary alicyclic amines) is 1. The van der Waals surface area contributed by atoms with Crippen LogP contribution in [0.5, 0.6) is 0 Å². The summed E-state index contributed by atoms with van der Waals surface area (Å²) in [7, 11) is -3.60. The Hall–Kier alpha value is -3.37. The molecule has 2 bridgehead atoms. The highest BCUT2D eigenvalue weighted by Crippen LogP contribution is 2.53. The first-order valence-corrected chi connectivity index (χ1v) is 19.4. The minimum absolute atomic E-state index is 0.0136. The number of hydrogen-bond donors (Lipinski definition) is 2. The smallest absolute Gasteiger partial charge is 0.240 e. The summed E-state index contributed by atoms with van der Waals surface area (Å²) in [5, 5.41) is 9.65. The van der Waals surface area contributed by atoms with E-state index in [1.807, 2.05) is 36.4 Å². The van der Waals surface area contributed by atoms with Crippen molar-refractivity contribution in [3.05, 3.63) is 125 Å². The zero-order valence-corrected chi connectivity index (χ0v) is 30.4. The molecule has 6 atom stereocenters. The highest BCUT2D eigenvalue weighted by atomic mass is 32.2. The number of benzene rings is 4. The van der Waals surface area contributed by atoms with Gasteiger partial charge in [0.1, 0.15) is 0 Å². The van der Waals surface area contributed by atoms with E-state index in [0.29, 0.717) is 16.9 Å². The Morgan fingerprint density at radius 1 is 0.820 bits per heavy atom. The van der Waals surface area contributed by atoms with E-state index in [0.717, 1.165) is 46.5 Å². The topological polar surface area (TPSA) is 88.1 Å². The van der Waals surface area contributed by atoms with E-state index < -0.39 is 16.3 Å². The van der Waals surface area contributed by atoms with E-state index in [1.54, 1.807) is 30.3 Å². The SMILES string of the molecule is CC1C(CN2CC3(C)CC2CC(C)(C)C3)OC(c2ccc(-c3cccc(CNS(=O)(=O)c4ccccc4)c3)cc2)OC1c1ccc(CO)cc1. The lowest BCUT2D eigenvalue weighted by atomic mass is 9.65. The van der Waals surface area contributed by atoms with Crippen molar-refractivity contribution in [3.8, 4) is 11.1 Å². The average Bonchev–Trinajstić information content (AvgIpc) is 3.35. The number of nitrogens with one attached hydrogen (secondary N) is 1. The van der Waals surface area contributed by atoms with Gasteiger partial charge in [-0.15, -0.1) is 0 Å². The van der Waals surface area contributed by atoms with Crippen LogP contribution in [-0.4, -0.2) is 43.7 Å². The third kappa shape index (κ3) is 7.61. The first kappa shape index (κ1) is 35.1. The van der Waals surface area contributed by atoms with E-state index in [-0.39, 0.29) is 36.2 Å². The van der Waals surface area contributed by atoms with Gasteiger partial charge in [-0.1, -0.05) is 113 Å². The molecule has 0 amide bonds. The van der Waals surface area contributed by atoms with E-state index in [4.69, 9.17) is 9.47 Å². The first-order valence-electron chi connectivity index (χ1n) is 17.9. The molecular formula is C42H50N2O5S. The molecular weight excluding hydrogens is 645 g/mol. The molecule has 0 spiro atoms. The minimum Gasteiger partial charge on any atom is -0.392 e. The van der Waals surface area contributed by atoms with Crippen LogP contribution in [0.4, 0.5) is 0 Å². The van der Waals surface area contributed by atoms with Crippen LogP contribution in [0.25, 0.3) is 11.1 Å². The number of aliphatic hydroxyl groups excluding tert-OH is 1. The average molecular weight is 695 g/mol. The summed E-state index contributed by atoms with van der Waals surface area (Å²) in [6, 6.07) is 33.4. The molecule has 4 aromatic rings. The fourth-order valence-corrected chi connectivity index (χ4v) is 9.94. The van der Waals surface area contributed by atoms with Gasteiger partial charge in [-0.05, 0) is 76.1 Å². The lowest BCUT2D eigenvalue weighted by molar-refractivity contribution is -0.276. The van der Waals surface area contributed by atoms with Crippen LogP contribution >= 0.6 is 0 Å². The summed E-state index contributed by atoms with van der Waals surface area (Å²) in [5.74, 6) is 0.133. The standard InChI is InChI=1S/C42H50N2O5S/c1-29-38(25-44-28-42(4)23-36(44)22-41(2,3)27-42)48-40(49-39(29)33-15-13-30(26-45)14-16-33)34-19-17-32(18-20-34)35-10-8-9-31(21-35)24-43-50(46,47)37-11-6-5-7-12-37/h5-21,29,36,38-40,43,45H,22-28H2,1-4H3. The van der Waals surface area contributed by atoms with Gasteiger partial charge < -0.3 is 14.6 Å². The van der Waals surface area contributed by atoms with Crippen LogP contribution < -0.4 is 4.72 Å². The largest absolute Gasteiger partial charge is 0.392 e. The van der Waals surface area contributed by atoms with Crippen LogP contribution in [0.1, 0.15) is 81.6 Å². The maximum atomic E-state index is 12.8. The molecule has 1 aliphatic carbocycles. The van der Waals surface area contributed by atoms with Gasteiger partial charge in [0.25, 0.3) is 0 Å². The summed E-state index contributed by atoms with van der Waals surface area (Å²) in [4.78, 5) is 2.95. The number of rotatable bonds is 10. The third-order valence-corrected chi connectivity index (χ3v) is 12.4. The number of fused-ring (bicyclic) bond motifs is 2. The maximum absolute atomic E-state index is 12.8. The summed E-state index contributed by atoms with van der Waals surface area (Å²) in [5.41, 5.74) is 6.54. The fraction of sp³-hybridized carbons (Fsp3) is 0.429. The quantitative estimate of drug-likeness (QED) is 0.175. The van der Waals surface area contributed by atoms with Crippen LogP contribution in [0, 0.1) is 16.7 Å². The molecule has 2 heterocycles. The van der Waals surface area contributed by atoms with Gasteiger partial charge >= 0.3 is 0 Å². The number of hydrogen-bond acceptors (Lipinski definition) is 6. The molecule has 2 N–H and O–H groups in total. The number of nitrogens with zero attached hydrogens (tertiary/aromatic N) is 1. The molecule has 6 unspecified atom stereocenters. The van der Waals surface area contributed by atoms with Crippen LogP contribution in [0.2, 0.25) is 0 Å². The van der Waals surface area contributed by atoms with Crippen molar-refractivity contribution in [2.75, 3.05) is 13.1 Å². The molecule has 2 saturated heterocycles. The molecule has 0 aromatic heterocycles. The number of ether oxygens (including phenoxy) is 2. The molecule has 7 nitrogen and oxygen atoms in total. The van der Waals surface area contributed by atoms with E-state index in [2.05, 4.69) is 73.7 Å². The molecule has 4 aromatic carbocycles. The second-order valence-electron chi connectivity index (χ2n) is 15.9. The maximum Gasteiger partial charge on any atom is 0.240 e. The number of sulfonamides is 1. The van der Waals surface area contributed by atoms with Crippen LogP contribution in [0.3, 0.4) is 0 Å². The molecule has 3 aliphatic rings. The third-order valence-electron chi connectivity index (χ3n) is 11.0. The lowest BCUT2D eigenvalue weighted by Crippen LogP contribution is -2.46. The van der Waals surface area contributed by atoms with Crippen molar-refractivity contribution in [2.24, 2.45) is 16.7 Å². The Kier molecular flexibility index (Phi) is 9.80. The molecule has 50 heavy (non-hydrogen) atoms. The van der Waals surface area contributed by atoms with Gasteiger partial charge in [-0.3, -0.25) is 4.90 Å². The van der Waals surface area contributed by atoms with Crippen molar-refractivity contribution in [2.45, 2.75) is 89.5 Å². The molecule has 3 fully saturated rings. The predicted molar refractivity (Wildman–Crippen MR) is 196 cm³/mol. The van der Waals surface area contributed by atoms with Crippen molar-refractivity contribution in [1.82, 2.24) is 9.62 Å². The predicted octanol–water partition coefficient (Wildman–Crippen LogP) is 8.02. The molecule has 264 valence electrons. The Morgan fingerprint density at radius 3 is 2.26 bits per heavy atom. The number of aliphatic hydroxyl groups is 1. The Labute approximate surface area is 297 Å². The van der Waals surface area contributed by atoms with Crippen molar-refractivity contribution in [3.63, 3.8) is 0 Å². The van der Waals surface area contributed by atoms with Crippen LogP contribution in [0.15, 0.2) is 108 Å². The van der Waals surface area contributed by atoms with Gasteiger partial charge in [0.05, 0.1) is 23.7 Å². The summed E-state index contributed by atoms with van der Waals surface area (Å²) in [6.45, 7) is 11.7. The Morgan fingerprint density at radius 2 is 1.54 bits per heavy atom. The van der Waals surface area contributed by atoms with Gasteiger partial charge in [-0.25, -0.2) is 13.1 Å². The highest BCUT2D eigenvalue weighted by Gasteiger charge is 2.51. The van der Waals surface area contributed by atoms with Gasteiger partial charge in [0, 0.05) is 37.2 Å². The Balaban J connectivity index is 1.09. The summed E-state index contributed by atoms with van der Waals surface area (Å²) < 4.78 is 41.9. The fourth-order valence-electron chi connectivity index (χ4n) is 8.90. The van der Waals surface area contributed by atoms with E-state index in [1.165, 1.54) is 19.3 Å². The summed E-state index contributed by atoms with van der Waals surface area (Å²) in [6.07, 6.45) is 3.04. The van der Waals surface area contributed by atoms with Crippen molar-refractivity contribution >= 4 is 10.0 Å². The zero-order chi connectivity index (χ0) is 35.1. The van der Waals surface area contributed by atoms with E-state index >= 15 is 0 Å². The molecule has 7 rings (SSSR count). The molecule has 1 saturated carbocycles. The molecule has 8 heteroatoms. The lowest BCUT2D eigenvalue weighted by Gasteiger charge is -2.43. The molecule has 2 aliphatic heterocycles. The first-order chi connectivity index (χ1) is 23.9. The van der Waals surface area contributed by atoms with E-state index in [9.17, 15) is 13.5 Å². The summed E-state index contributed by atoms with van der Waals surface area (Å²) >= 11 is 0. The van der Waals surface area contributed by atoms with Gasteiger partial charge in [0.2, 0.25) is 10.0 Å². The zero-order valence-electron chi connectivity index (χ0n) is 29.6. The monoisotopic (exact) mass is 694 g/mol. The van der Waals surface area contributed by atoms with Crippen LogP contribution in [-0.2, 0) is 32.6 Å². The van der Waals surface area contributed by atoms with Gasteiger partial charge in [0.15, 0.2) is 6.29 Å². The second-order valence-corrected chi connectivity index (χ2v) is 17.7. The van der Waals surface area contributed by atoms with Crippen molar-refractivity contribution < 1.29 is 23.0 Å². The molecule has 0 radical (unpaired) electrons. The van der Waals surface area contributed by atoms with Crippen molar-refractivity contribution in [1.29, 1.82) is 0 Å².